The Bertz CT molecular complexity index is 449. The van der Waals surface area contributed by atoms with Crippen LogP contribution in [0.4, 0.5) is 8.78 Å². The first-order valence-electron chi connectivity index (χ1n) is 6.66. The largest absolute Gasteiger partial charge is 0.481 e. The number of aliphatic carboxylic acids is 1. The highest BCUT2D eigenvalue weighted by Gasteiger charge is 2.73. The van der Waals surface area contributed by atoms with Gasteiger partial charge in [0, 0.05) is 19.5 Å². The van der Waals surface area contributed by atoms with E-state index in [2.05, 4.69) is 0 Å². The number of likely N-dealkylation sites (tertiary alicyclic amines) is 1. The molecule has 0 bridgehead atoms. The number of nitrogens with zero attached hydrogens (tertiary/aromatic N) is 1. The molecule has 1 saturated heterocycles. The summed E-state index contributed by atoms with van der Waals surface area (Å²) in [6, 6.07) is 0. The molecular formula is C13H17F2NO3. The molecular weight excluding hydrogens is 256 g/mol. The van der Waals surface area contributed by atoms with Crippen molar-refractivity contribution >= 4 is 11.9 Å². The molecule has 1 unspecified atom stereocenters. The molecule has 1 heterocycles. The number of hydrogen-bond donors (Lipinski definition) is 1. The highest BCUT2D eigenvalue weighted by molar-refractivity contribution is 5.88. The van der Waals surface area contributed by atoms with E-state index in [0.717, 1.165) is 12.8 Å². The number of carboxylic acids is 1. The molecule has 3 aliphatic rings. The first kappa shape index (κ1) is 12.8. The Morgan fingerprint density at radius 3 is 2.26 bits per heavy atom. The third kappa shape index (κ3) is 1.83. The zero-order valence-corrected chi connectivity index (χ0v) is 10.7. The normalized spacial score (nSPS) is 40.3. The molecule has 3 fully saturated rings. The molecule has 0 spiro atoms. The highest BCUT2D eigenvalue weighted by atomic mass is 19.3. The average Bonchev–Trinajstić information content (AvgIpc) is 3.17. The second-order valence-corrected chi connectivity index (χ2v) is 6.37. The Morgan fingerprint density at radius 1 is 1.26 bits per heavy atom. The van der Waals surface area contributed by atoms with Crippen molar-refractivity contribution < 1.29 is 23.5 Å². The van der Waals surface area contributed by atoms with E-state index in [1.165, 1.54) is 11.8 Å². The van der Waals surface area contributed by atoms with Crippen molar-refractivity contribution in [1.29, 1.82) is 0 Å². The molecule has 4 nitrogen and oxygen atoms in total. The van der Waals surface area contributed by atoms with Crippen LogP contribution in [-0.4, -0.2) is 40.9 Å². The molecule has 1 amide bonds. The van der Waals surface area contributed by atoms with Crippen LogP contribution in [-0.2, 0) is 9.59 Å². The molecule has 19 heavy (non-hydrogen) atoms. The minimum atomic E-state index is -2.93. The van der Waals surface area contributed by atoms with Gasteiger partial charge in [-0.25, -0.2) is 8.78 Å². The third-order valence-corrected chi connectivity index (χ3v) is 4.93. The second-order valence-electron chi connectivity index (χ2n) is 6.37. The van der Waals surface area contributed by atoms with Crippen LogP contribution < -0.4 is 0 Å². The summed E-state index contributed by atoms with van der Waals surface area (Å²) < 4.78 is 26.5. The third-order valence-electron chi connectivity index (χ3n) is 4.93. The molecule has 3 atom stereocenters. The van der Waals surface area contributed by atoms with Gasteiger partial charge in [-0.05, 0) is 31.6 Å². The average molecular weight is 273 g/mol. The number of carbonyl (C=O) groups is 2. The first-order valence-corrected chi connectivity index (χ1v) is 6.66. The summed E-state index contributed by atoms with van der Waals surface area (Å²) in [5.41, 5.74) is -1.60. The van der Waals surface area contributed by atoms with Gasteiger partial charge in [0.25, 0.3) is 5.92 Å². The van der Waals surface area contributed by atoms with Crippen LogP contribution in [0.3, 0.4) is 0 Å². The van der Waals surface area contributed by atoms with Crippen LogP contribution in [0.1, 0.15) is 26.2 Å². The Kier molecular flexibility index (Phi) is 2.48. The van der Waals surface area contributed by atoms with Crippen molar-refractivity contribution in [1.82, 2.24) is 4.90 Å². The number of amides is 1. The predicted octanol–water partition coefficient (Wildman–Crippen LogP) is 1.60. The first-order chi connectivity index (χ1) is 8.76. The minimum absolute atomic E-state index is 0.0579. The standard InChI is InChI=1S/C13H17F2NO3/c1-12(6-13(12,14)15)11(19)16-4-8(7-2-3-7)9(5-16)10(17)18/h7-9H,2-6H2,1H3,(H,17,18)/t8-,9+,12?/m1/s1. The summed E-state index contributed by atoms with van der Waals surface area (Å²) in [5, 5.41) is 9.19. The second kappa shape index (κ2) is 3.67. The van der Waals surface area contributed by atoms with E-state index in [-0.39, 0.29) is 12.5 Å². The van der Waals surface area contributed by atoms with Crippen molar-refractivity contribution in [3.63, 3.8) is 0 Å². The van der Waals surface area contributed by atoms with E-state index >= 15 is 0 Å². The number of alkyl halides is 2. The SMILES string of the molecule is CC1(C(=O)N2C[C@H](C(=O)O)[C@@H](C3CC3)C2)CC1(F)F. The van der Waals surface area contributed by atoms with Crippen LogP contribution in [0, 0.1) is 23.2 Å². The van der Waals surface area contributed by atoms with Gasteiger partial charge >= 0.3 is 5.97 Å². The Balaban J connectivity index is 1.73. The summed E-state index contributed by atoms with van der Waals surface area (Å²) >= 11 is 0. The zero-order valence-electron chi connectivity index (χ0n) is 10.7. The molecule has 1 aliphatic heterocycles. The lowest BCUT2D eigenvalue weighted by Crippen LogP contribution is -2.37. The van der Waals surface area contributed by atoms with Crippen molar-refractivity contribution in [3.05, 3.63) is 0 Å². The lowest BCUT2D eigenvalue weighted by molar-refractivity contribution is -0.143. The summed E-state index contributed by atoms with van der Waals surface area (Å²) in [6.45, 7) is 1.68. The molecule has 0 aromatic heterocycles. The summed E-state index contributed by atoms with van der Waals surface area (Å²) in [4.78, 5) is 24.7. The van der Waals surface area contributed by atoms with Gasteiger partial charge in [-0.2, -0.15) is 0 Å². The predicted molar refractivity (Wildman–Crippen MR) is 61.6 cm³/mol. The summed E-state index contributed by atoms with van der Waals surface area (Å²) in [5.74, 6) is -4.72. The van der Waals surface area contributed by atoms with Crippen LogP contribution in [0.15, 0.2) is 0 Å². The van der Waals surface area contributed by atoms with E-state index in [1.54, 1.807) is 0 Å². The smallest absolute Gasteiger partial charge is 0.308 e. The van der Waals surface area contributed by atoms with Gasteiger partial charge < -0.3 is 10.0 Å². The lowest BCUT2D eigenvalue weighted by Gasteiger charge is -2.20. The molecule has 106 valence electrons. The van der Waals surface area contributed by atoms with Gasteiger partial charge in [-0.3, -0.25) is 9.59 Å². The lowest BCUT2D eigenvalue weighted by atomic mass is 9.92. The van der Waals surface area contributed by atoms with Gasteiger partial charge in [0.1, 0.15) is 5.41 Å². The van der Waals surface area contributed by atoms with E-state index in [0.29, 0.717) is 12.5 Å². The number of halogens is 2. The van der Waals surface area contributed by atoms with E-state index in [1.807, 2.05) is 0 Å². The highest BCUT2D eigenvalue weighted by Crippen LogP contribution is 2.61. The van der Waals surface area contributed by atoms with Crippen LogP contribution in [0.25, 0.3) is 0 Å². The summed E-state index contributed by atoms with van der Waals surface area (Å²) in [6.07, 6.45) is 1.56. The Labute approximate surface area is 109 Å². The number of carboxylic acid groups (broad SMARTS) is 1. The topological polar surface area (TPSA) is 57.6 Å². The minimum Gasteiger partial charge on any atom is -0.481 e. The van der Waals surface area contributed by atoms with Gasteiger partial charge in [0.2, 0.25) is 5.91 Å². The van der Waals surface area contributed by atoms with E-state index < -0.39 is 35.6 Å². The molecule has 0 radical (unpaired) electrons. The molecule has 2 saturated carbocycles. The monoisotopic (exact) mass is 273 g/mol. The van der Waals surface area contributed by atoms with Crippen molar-refractivity contribution in [3.8, 4) is 0 Å². The van der Waals surface area contributed by atoms with Crippen molar-refractivity contribution in [2.45, 2.75) is 32.1 Å². The van der Waals surface area contributed by atoms with E-state index in [9.17, 15) is 23.5 Å². The van der Waals surface area contributed by atoms with Gasteiger partial charge in [-0.1, -0.05) is 0 Å². The van der Waals surface area contributed by atoms with E-state index in [4.69, 9.17) is 0 Å². The van der Waals surface area contributed by atoms with Gasteiger partial charge in [0.15, 0.2) is 0 Å². The fourth-order valence-electron chi connectivity index (χ4n) is 3.24. The molecule has 0 aromatic rings. The maximum atomic E-state index is 13.2. The van der Waals surface area contributed by atoms with Crippen molar-refractivity contribution in [2.24, 2.45) is 23.2 Å². The fourth-order valence-corrected chi connectivity index (χ4v) is 3.24. The molecule has 0 aromatic carbocycles. The van der Waals surface area contributed by atoms with Crippen molar-refractivity contribution in [2.75, 3.05) is 13.1 Å². The fraction of sp³-hybridized carbons (Fsp3) is 0.846. The maximum absolute atomic E-state index is 13.2. The van der Waals surface area contributed by atoms with Crippen LogP contribution in [0.5, 0.6) is 0 Å². The number of hydrogen-bond acceptors (Lipinski definition) is 2. The Morgan fingerprint density at radius 2 is 1.84 bits per heavy atom. The molecule has 1 N–H and O–H groups in total. The van der Waals surface area contributed by atoms with Gasteiger partial charge in [-0.15, -0.1) is 0 Å². The number of rotatable bonds is 3. The quantitative estimate of drug-likeness (QED) is 0.849. The number of carbonyl (C=O) groups excluding carboxylic acids is 1. The Hall–Kier alpha value is -1.20. The molecule has 6 heteroatoms. The zero-order chi connectivity index (χ0) is 14.0. The summed E-state index contributed by atoms with van der Waals surface area (Å²) in [7, 11) is 0. The maximum Gasteiger partial charge on any atom is 0.308 e. The van der Waals surface area contributed by atoms with Crippen LogP contribution >= 0.6 is 0 Å². The van der Waals surface area contributed by atoms with Crippen LogP contribution in [0.2, 0.25) is 0 Å². The molecule has 2 aliphatic carbocycles. The molecule has 3 rings (SSSR count). The van der Waals surface area contributed by atoms with Gasteiger partial charge in [0.05, 0.1) is 5.92 Å².